The Balaban J connectivity index is 1.93. The van der Waals surface area contributed by atoms with E-state index < -0.39 is 0 Å². The van der Waals surface area contributed by atoms with Gasteiger partial charge >= 0.3 is 0 Å². The van der Waals surface area contributed by atoms with Gasteiger partial charge in [-0.2, -0.15) is 0 Å². The summed E-state index contributed by atoms with van der Waals surface area (Å²) in [5.41, 5.74) is 6.50. The van der Waals surface area contributed by atoms with E-state index >= 15 is 0 Å². The molecule has 1 aliphatic heterocycles. The first-order chi connectivity index (χ1) is 9.29. The highest BCUT2D eigenvalue weighted by molar-refractivity contribution is 5.98. The second kappa shape index (κ2) is 5.02. The first-order valence-corrected chi connectivity index (χ1v) is 6.79. The maximum atomic E-state index is 12.5. The van der Waals surface area contributed by atoms with Crippen LogP contribution in [0.5, 0.6) is 0 Å². The summed E-state index contributed by atoms with van der Waals surface area (Å²) in [5.74, 6) is 0.110. The van der Waals surface area contributed by atoms with Crippen LogP contribution in [0, 0.1) is 0 Å². The first-order valence-electron chi connectivity index (χ1n) is 6.79. The molecule has 3 rings (SSSR count). The van der Waals surface area contributed by atoms with Crippen molar-refractivity contribution in [3.8, 4) is 0 Å². The fourth-order valence-corrected chi connectivity index (χ4v) is 2.84. The van der Waals surface area contributed by atoms with Crippen LogP contribution in [0.25, 0.3) is 10.8 Å². The van der Waals surface area contributed by atoms with Crippen molar-refractivity contribution in [2.75, 3.05) is 13.1 Å². The van der Waals surface area contributed by atoms with Crippen LogP contribution >= 0.6 is 0 Å². The second-order valence-corrected chi connectivity index (χ2v) is 5.09. The fraction of sp³-hybridized carbons (Fsp3) is 0.312. The molecule has 1 aliphatic rings. The summed E-state index contributed by atoms with van der Waals surface area (Å²) >= 11 is 0. The molecule has 2 aromatic rings. The Hall–Kier alpha value is -1.87. The van der Waals surface area contributed by atoms with Crippen LogP contribution in [0.3, 0.4) is 0 Å². The van der Waals surface area contributed by atoms with Crippen molar-refractivity contribution in [1.82, 2.24) is 4.90 Å². The SMILES string of the molecule is NCC1CCCN1C(=O)c1ccc2ccccc2c1. The standard InChI is InChI=1S/C16H18N2O/c17-11-15-6-3-9-18(15)16(19)14-8-7-12-4-1-2-5-13(12)10-14/h1-2,4-5,7-8,10,15H,3,6,9,11,17H2. The third-order valence-electron chi connectivity index (χ3n) is 3.91. The van der Waals surface area contributed by atoms with Gasteiger partial charge in [0.1, 0.15) is 0 Å². The lowest BCUT2D eigenvalue weighted by Gasteiger charge is -2.23. The summed E-state index contributed by atoms with van der Waals surface area (Å²) in [5, 5.41) is 2.27. The second-order valence-electron chi connectivity index (χ2n) is 5.09. The Labute approximate surface area is 113 Å². The fourth-order valence-electron chi connectivity index (χ4n) is 2.84. The Morgan fingerprint density at radius 2 is 2.00 bits per heavy atom. The van der Waals surface area contributed by atoms with Gasteiger partial charge in [0.15, 0.2) is 0 Å². The lowest BCUT2D eigenvalue weighted by atomic mass is 10.1. The molecule has 0 aromatic heterocycles. The van der Waals surface area contributed by atoms with Crippen molar-refractivity contribution < 1.29 is 4.79 Å². The Morgan fingerprint density at radius 1 is 1.21 bits per heavy atom. The van der Waals surface area contributed by atoms with Gasteiger partial charge in [0, 0.05) is 24.7 Å². The minimum Gasteiger partial charge on any atom is -0.334 e. The molecule has 1 fully saturated rings. The van der Waals surface area contributed by atoms with E-state index in [1.165, 1.54) is 0 Å². The van der Waals surface area contributed by atoms with E-state index in [0.717, 1.165) is 35.7 Å². The zero-order valence-electron chi connectivity index (χ0n) is 10.9. The van der Waals surface area contributed by atoms with Gasteiger partial charge in [-0.05, 0) is 35.7 Å². The van der Waals surface area contributed by atoms with Gasteiger partial charge < -0.3 is 10.6 Å². The van der Waals surface area contributed by atoms with Gasteiger partial charge in [-0.25, -0.2) is 0 Å². The van der Waals surface area contributed by atoms with Crippen molar-refractivity contribution >= 4 is 16.7 Å². The van der Waals surface area contributed by atoms with E-state index in [0.29, 0.717) is 6.54 Å². The number of nitrogens with zero attached hydrogens (tertiary/aromatic N) is 1. The van der Waals surface area contributed by atoms with Crippen molar-refractivity contribution in [2.24, 2.45) is 5.73 Å². The highest BCUT2D eigenvalue weighted by Gasteiger charge is 2.28. The van der Waals surface area contributed by atoms with Crippen LogP contribution in [-0.2, 0) is 0 Å². The van der Waals surface area contributed by atoms with Gasteiger partial charge in [-0.15, -0.1) is 0 Å². The highest BCUT2D eigenvalue weighted by atomic mass is 16.2. The maximum absolute atomic E-state index is 12.5. The predicted octanol–water partition coefficient (Wildman–Crippen LogP) is 2.40. The van der Waals surface area contributed by atoms with Crippen molar-refractivity contribution in [3.63, 3.8) is 0 Å². The van der Waals surface area contributed by atoms with E-state index in [-0.39, 0.29) is 11.9 Å². The zero-order valence-corrected chi connectivity index (χ0v) is 10.9. The average molecular weight is 254 g/mol. The number of rotatable bonds is 2. The zero-order chi connectivity index (χ0) is 13.2. The van der Waals surface area contributed by atoms with Crippen LogP contribution < -0.4 is 5.73 Å². The number of amides is 1. The number of carbonyl (C=O) groups is 1. The minimum atomic E-state index is 0.110. The lowest BCUT2D eigenvalue weighted by Crippen LogP contribution is -2.39. The molecule has 1 saturated heterocycles. The molecular weight excluding hydrogens is 236 g/mol. The molecule has 2 aromatic carbocycles. The average Bonchev–Trinajstić information content (AvgIpc) is 2.94. The smallest absolute Gasteiger partial charge is 0.254 e. The summed E-state index contributed by atoms with van der Waals surface area (Å²) in [7, 11) is 0. The summed E-state index contributed by atoms with van der Waals surface area (Å²) in [6, 6.07) is 14.2. The molecule has 1 atom stereocenters. The maximum Gasteiger partial charge on any atom is 0.254 e. The molecule has 3 nitrogen and oxygen atoms in total. The Kier molecular flexibility index (Phi) is 3.22. The molecule has 0 saturated carbocycles. The van der Waals surface area contributed by atoms with Crippen molar-refractivity contribution in [1.29, 1.82) is 0 Å². The summed E-state index contributed by atoms with van der Waals surface area (Å²) < 4.78 is 0. The molecule has 1 unspecified atom stereocenters. The van der Waals surface area contributed by atoms with Crippen LogP contribution in [0.2, 0.25) is 0 Å². The van der Waals surface area contributed by atoms with Crippen LogP contribution in [0.1, 0.15) is 23.2 Å². The van der Waals surface area contributed by atoms with Gasteiger partial charge in [0.25, 0.3) is 5.91 Å². The molecule has 19 heavy (non-hydrogen) atoms. The minimum absolute atomic E-state index is 0.110. The monoisotopic (exact) mass is 254 g/mol. The van der Waals surface area contributed by atoms with E-state index in [2.05, 4.69) is 6.07 Å². The number of fused-ring (bicyclic) bond motifs is 1. The molecule has 0 bridgehead atoms. The third kappa shape index (κ3) is 2.22. The van der Waals surface area contributed by atoms with Crippen LogP contribution in [-0.4, -0.2) is 29.9 Å². The molecule has 1 heterocycles. The van der Waals surface area contributed by atoms with Gasteiger partial charge in [-0.1, -0.05) is 30.3 Å². The van der Waals surface area contributed by atoms with E-state index in [4.69, 9.17) is 5.73 Å². The predicted molar refractivity (Wildman–Crippen MR) is 77.1 cm³/mol. The van der Waals surface area contributed by atoms with E-state index in [1.54, 1.807) is 0 Å². The molecule has 2 N–H and O–H groups in total. The Bertz CT molecular complexity index is 608. The number of carbonyl (C=O) groups excluding carboxylic acids is 1. The Morgan fingerprint density at radius 3 is 2.79 bits per heavy atom. The van der Waals surface area contributed by atoms with E-state index in [9.17, 15) is 4.79 Å². The van der Waals surface area contributed by atoms with Gasteiger partial charge in [0.2, 0.25) is 0 Å². The highest BCUT2D eigenvalue weighted by Crippen LogP contribution is 2.22. The summed E-state index contributed by atoms with van der Waals surface area (Å²) in [6.45, 7) is 1.38. The topological polar surface area (TPSA) is 46.3 Å². The van der Waals surface area contributed by atoms with Crippen LogP contribution in [0.15, 0.2) is 42.5 Å². The normalized spacial score (nSPS) is 19.0. The van der Waals surface area contributed by atoms with Crippen LogP contribution in [0.4, 0.5) is 0 Å². The number of benzene rings is 2. The first kappa shape index (κ1) is 12.2. The van der Waals surface area contributed by atoms with E-state index in [1.807, 2.05) is 41.3 Å². The largest absolute Gasteiger partial charge is 0.334 e. The molecule has 3 heteroatoms. The molecule has 0 aliphatic carbocycles. The summed E-state index contributed by atoms with van der Waals surface area (Å²) in [6.07, 6.45) is 2.08. The van der Waals surface area contributed by atoms with Gasteiger partial charge in [0.05, 0.1) is 0 Å². The third-order valence-corrected chi connectivity index (χ3v) is 3.91. The molecule has 0 spiro atoms. The lowest BCUT2D eigenvalue weighted by molar-refractivity contribution is 0.0741. The quantitative estimate of drug-likeness (QED) is 0.894. The molecule has 98 valence electrons. The summed E-state index contributed by atoms with van der Waals surface area (Å²) in [4.78, 5) is 14.5. The molecule has 1 amide bonds. The molecular formula is C16H18N2O. The van der Waals surface area contributed by atoms with Gasteiger partial charge in [-0.3, -0.25) is 4.79 Å². The van der Waals surface area contributed by atoms with Crippen molar-refractivity contribution in [3.05, 3.63) is 48.0 Å². The molecule has 0 radical (unpaired) electrons. The van der Waals surface area contributed by atoms with Crippen molar-refractivity contribution in [2.45, 2.75) is 18.9 Å². The number of hydrogen-bond donors (Lipinski definition) is 1. The number of nitrogens with two attached hydrogens (primary N) is 1. The number of likely N-dealkylation sites (tertiary alicyclic amines) is 1. The number of hydrogen-bond acceptors (Lipinski definition) is 2.